The summed E-state index contributed by atoms with van der Waals surface area (Å²) < 4.78 is 5.68. The molecule has 3 aliphatic rings. The highest BCUT2D eigenvalue weighted by Crippen LogP contribution is 2.58. The van der Waals surface area contributed by atoms with Gasteiger partial charge in [0.2, 0.25) is 5.71 Å². The van der Waals surface area contributed by atoms with Crippen LogP contribution in [0, 0.1) is 18.8 Å². The molecule has 3 aromatic rings. The molecule has 0 radical (unpaired) electrons. The third kappa shape index (κ3) is 2.73. The first-order chi connectivity index (χ1) is 14.0. The van der Waals surface area contributed by atoms with Crippen LogP contribution >= 0.6 is 0 Å². The van der Waals surface area contributed by atoms with Crippen LogP contribution < -0.4 is 5.32 Å². The molecule has 3 heterocycles. The molecular formula is C23H24N4O2. The first-order valence-electron chi connectivity index (χ1n) is 10.4. The van der Waals surface area contributed by atoms with Crippen LogP contribution in [-0.4, -0.2) is 39.4 Å². The molecular weight excluding hydrogens is 364 g/mol. The van der Waals surface area contributed by atoms with Crippen LogP contribution in [0.3, 0.4) is 0 Å². The van der Waals surface area contributed by atoms with E-state index in [4.69, 9.17) is 4.42 Å². The van der Waals surface area contributed by atoms with E-state index in [1.165, 1.54) is 5.56 Å². The smallest absolute Gasteiger partial charge is 0.257 e. The molecule has 3 atom stereocenters. The molecule has 29 heavy (non-hydrogen) atoms. The molecule has 2 aromatic heterocycles. The molecule has 1 aliphatic heterocycles. The number of carbonyl (C=O) groups excluding carboxylic acids is 1. The maximum absolute atomic E-state index is 13.3. The number of fused-ring (bicyclic) bond motifs is 2. The zero-order chi connectivity index (χ0) is 19.8. The van der Waals surface area contributed by atoms with Crippen molar-refractivity contribution in [3.05, 3.63) is 53.5 Å². The van der Waals surface area contributed by atoms with Crippen molar-refractivity contribution < 1.29 is 9.21 Å². The van der Waals surface area contributed by atoms with E-state index in [1.54, 1.807) is 6.26 Å². The molecule has 6 heteroatoms. The summed E-state index contributed by atoms with van der Waals surface area (Å²) in [4.78, 5) is 24.3. The van der Waals surface area contributed by atoms with Crippen LogP contribution in [0.15, 0.2) is 41.0 Å². The van der Waals surface area contributed by atoms with E-state index in [1.807, 2.05) is 11.8 Å². The largest absolute Gasteiger partial charge is 0.445 e. The zero-order valence-electron chi connectivity index (χ0n) is 16.7. The van der Waals surface area contributed by atoms with E-state index in [0.29, 0.717) is 40.2 Å². The maximum atomic E-state index is 13.3. The number of carbonyl (C=O) groups is 1. The maximum Gasteiger partial charge on any atom is 0.257 e. The Hall–Kier alpha value is -2.89. The number of nitrogens with one attached hydrogen (secondary N) is 1. The number of hydrogen-bond acceptors (Lipinski definition) is 5. The van der Waals surface area contributed by atoms with Crippen molar-refractivity contribution in [2.75, 3.05) is 18.4 Å². The van der Waals surface area contributed by atoms with Gasteiger partial charge in [-0.1, -0.05) is 30.3 Å². The van der Waals surface area contributed by atoms with E-state index >= 15 is 0 Å². The second-order valence-corrected chi connectivity index (χ2v) is 9.11. The van der Waals surface area contributed by atoms with Gasteiger partial charge in [0.15, 0.2) is 0 Å². The summed E-state index contributed by atoms with van der Waals surface area (Å²) in [6.45, 7) is 5.64. The molecule has 0 bridgehead atoms. The van der Waals surface area contributed by atoms with Gasteiger partial charge >= 0.3 is 0 Å². The van der Waals surface area contributed by atoms with Crippen molar-refractivity contribution in [3.63, 3.8) is 0 Å². The van der Waals surface area contributed by atoms with Crippen LogP contribution in [0.2, 0.25) is 0 Å². The van der Waals surface area contributed by atoms with Gasteiger partial charge in [-0.3, -0.25) is 4.79 Å². The molecule has 6 nitrogen and oxygen atoms in total. The fourth-order valence-corrected chi connectivity index (χ4v) is 4.93. The zero-order valence-corrected chi connectivity index (χ0v) is 16.7. The number of aryl methyl sites for hydroxylation is 1. The van der Waals surface area contributed by atoms with E-state index in [-0.39, 0.29) is 11.4 Å². The van der Waals surface area contributed by atoms with Gasteiger partial charge in [-0.25, -0.2) is 4.98 Å². The van der Waals surface area contributed by atoms with E-state index in [9.17, 15) is 4.79 Å². The van der Waals surface area contributed by atoms with Gasteiger partial charge in [0.05, 0.1) is 10.9 Å². The fraction of sp³-hybridized carbons (Fsp3) is 0.435. The normalized spacial score (nSPS) is 26.4. The Balaban J connectivity index is 1.27. The molecule has 3 fully saturated rings. The second kappa shape index (κ2) is 5.81. The van der Waals surface area contributed by atoms with Crippen molar-refractivity contribution in [1.82, 2.24) is 14.9 Å². The predicted octanol–water partition coefficient (Wildman–Crippen LogP) is 3.98. The number of benzene rings is 1. The number of likely N-dealkylation sites (tertiary alicyclic amines) is 1. The number of rotatable bonds is 4. The number of furan rings is 1. The Labute approximate surface area is 169 Å². The molecule has 6 rings (SSSR count). The first-order valence-corrected chi connectivity index (χ1v) is 10.4. The summed E-state index contributed by atoms with van der Waals surface area (Å²) in [5, 5.41) is 4.23. The summed E-state index contributed by atoms with van der Waals surface area (Å²) in [5.41, 5.74) is 2.52. The minimum Gasteiger partial charge on any atom is -0.445 e. The van der Waals surface area contributed by atoms with Crippen LogP contribution in [-0.2, 0) is 0 Å². The van der Waals surface area contributed by atoms with Crippen LogP contribution in [0.4, 0.5) is 5.82 Å². The number of piperidine rings is 1. The second-order valence-electron chi connectivity index (χ2n) is 9.11. The van der Waals surface area contributed by atoms with E-state index in [2.05, 4.69) is 52.5 Å². The standard InChI is InChI=1S/C23H24N4O2/c1-13-24-20(26-23(2)8-9-23)19-17(12-29-21(19)25-13)22(28)27-10-15-16(11-27)18(15)14-6-4-3-5-7-14/h3-7,12,15-16,18H,8-11H2,1-2H3,(H,24,25,26)/t15-,16+,18?. The Kier molecular flexibility index (Phi) is 3.41. The lowest BCUT2D eigenvalue weighted by Crippen LogP contribution is -2.31. The fourth-order valence-electron chi connectivity index (χ4n) is 4.93. The van der Waals surface area contributed by atoms with Gasteiger partial charge in [-0.2, -0.15) is 4.98 Å². The van der Waals surface area contributed by atoms with Crippen LogP contribution in [0.25, 0.3) is 11.1 Å². The molecule has 0 spiro atoms. The molecule has 1 unspecified atom stereocenters. The molecule has 1 aromatic carbocycles. The van der Waals surface area contributed by atoms with Crippen molar-refractivity contribution in [2.45, 2.75) is 38.1 Å². The van der Waals surface area contributed by atoms with Gasteiger partial charge in [-0.05, 0) is 50.0 Å². The monoisotopic (exact) mass is 388 g/mol. The summed E-state index contributed by atoms with van der Waals surface area (Å²) in [6.07, 6.45) is 3.77. The van der Waals surface area contributed by atoms with E-state index < -0.39 is 0 Å². The molecule has 1 saturated heterocycles. The summed E-state index contributed by atoms with van der Waals surface area (Å²) in [6, 6.07) is 10.7. The highest BCUT2D eigenvalue weighted by atomic mass is 16.3. The summed E-state index contributed by atoms with van der Waals surface area (Å²) in [7, 11) is 0. The number of amides is 1. The van der Waals surface area contributed by atoms with Crippen molar-refractivity contribution >= 4 is 22.8 Å². The van der Waals surface area contributed by atoms with Crippen LogP contribution in [0.5, 0.6) is 0 Å². The Morgan fingerprint density at radius 3 is 2.59 bits per heavy atom. The average Bonchev–Trinajstić information content (AvgIpc) is 3.46. The third-order valence-electron chi connectivity index (χ3n) is 6.86. The van der Waals surface area contributed by atoms with E-state index in [0.717, 1.165) is 31.7 Å². The highest BCUT2D eigenvalue weighted by molar-refractivity contribution is 6.09. The lowest BCUT2D eigenvalue weighted by Gasteiger charge is -2.20. The highest BCUT2D eigenvalue weighted by Gasteiger charge is 2.57. The molecule has 2 aliphatic carbocycles. The lowest BCUT2D eigenvalue weighted by atomic mass is 10.1. The van der Waals surface area contributed by atoms with Crippen LogP contribution in [0.1, 0.15) is 47.4 Å². The molecule has 2 saturated carbocycles. The molecule has 1 amide bonds. The topological polar surface area (TPSA) is 71.3 Å². The van der Waals surface area contributed by atoms with Crippen molar-refractivity contribution in [3.8, 4) is 0 Å². The number of aromatic nitrogens is 2. The van der Waals surface area contributed by atoms with Gasteiger partial charge in [-0.15, -0.1) is 0 Å². The van der Waals surface area contributed by atoms with Crippen molar-refractivity contribution in [2.24, 2.45) is 11.8 Å². The minimum absolute atomic E-state index is 0.0271. The first kappa shape index (κ1) is 17.0. The lowest BCUT2D eigenvalue weighted by molar-refractivity contribution is 0.0773. The predicted molar refractivity (Wildman–Crippen MR) is 110 cm³/mol. The van der Waals surface area contributed by atoms with Gasteiger partial charge in [0, 0.05) is 18.6 Å². The van der Waals surface area contributed by atoms with Gasteiger partial charge < -0.3 is 14.6 Å². The van der Waals surface area contributed by atoms with Crippen molar-refractivity contribution in [1.29, 1.82) is 0 Å². The Morgan fingerprint density at radius 2 is 1.90 bits per heavy atom. The molecule has 148 valence electrons. The summed E-state index contributed by atoms with van der Waals surface area (Å²) in [5.74, 6) is 3.13. The third-order valence-corrected chi connectivity index (χ3v) is 6.86. The number of anilines is 1. The van der Waals surface area contributed by atoms with Gasteiger partial charge in [0.1, 0.15) is 17.9 Å². The number of nitrogens with zero attached hydrogens (tertiary/aromatic N) is 3. The quantitative estimate of drug-likeness (QED) is 0.732. The van der Waals surface area contributed by atoms with Gasteiger partial charge in [0.25, 0.3) is 5.91 Å². The SMILES string of the molecule is Cc1nc(NC2(C)CC2)c2c(C(=O)N3C[C@@H]4C(c5ccccc5)[C@@H]4C3)coc2n1. The number of hydrogen-bond donors (Lipinski definition) is 1. The Bertz CT molecular complexity index is 1110. The minimum atomic E-state index is 0.0271. The summed E-state index contributed by atoms with van der Waals surface area (Å²) >= 11 is 0. The Morgan fingerprint density at radius 1 is 1.17 bits per heavy atom. The molecule has 1 N–H and O–H groups in total. The average molecular weight is 388 g/mol.